The van der Waals surface area contributed by atoms with Crippen LogP contribution in [0.2, 0.25) is 0 Å². The van der Waals surface area contributed by atoms with Gasteiger partial charge in [0.15, 0.2) is 12.2 Å². The van der Waals surface area contributed by atoms with Gasteiger partial charge in [-0.25, -0.2) is 9.59 Å². The molecule has 1 aromatic rings. The molecule has 0 radical (unpaired) electrons. The van der Waals surface area contributed by atoms with Crippen LogP contribution in [0.1, 0.15) is 12.8 Å². The molecule has 25 heavy (non-hydrogen) atoms. The number of carbonyl (C=O) groups is 2. The summed E-state index contributed by atoms with van der Waals surface area (Å²) in [6.07, 6.45) is 0.332. The average Bonchev–Trinajstić information content (AvgIpc) is 3.20. The highest BCUT2D eigenvalue weighted by Gasteiger charge is 2.72. The molecule has 10 heteroatoms. The number of carbonyl (C=O) groups excluding carboxylic acids is 2. The molecule has 1 spiro atoms. The number of hydrogen-bond donors (Lipinski definition) is 2. The summed E-state index contributed by atoms with van der Waals surface area (Å²) in [5, 5.41) is 20.6. The monoisotopic (exact) mass is 414 g/mol. The first kappa shape index (κ1) is 16.7. The van der Waals surface area contributed by atoms with E-state index in [-0.39, 0.29) is 18.6 Å². The zero-order valence-electron chi connectivity index (χ0n) is 12.9. The highest BCUT2D eigenvalue weighted by Crippen LogP contribution is 2.59. The number of aliphatic hydroxyl groups is 2. The lowest BCUT2D eigenvalue weighted by Crippen LogP contribution is -2.55. The highest BCUT2D eigenvalue weighted by molar-refractivity contribution is 9.10. The Morgan fingerprint density at radius 3 is 2.84 bits per heavy atom. The molecule has 3 heterocycles. The number of pyridine rings is 1. The summed E-state index contributed by atoms with van der Waals surface area (Å²) in [7, 11) is 0. The van der Waals surface area contributed by atoms with E-state index < -0.39 is 29.9 Å². The normalized spacial score (nSPS) is 37.2. The second-order valence-corrected chi connectivity index (χ2v) is 7.25. The molecule has 0 bridgehead atoms. The van der Waals surface area contributed by atoms with Crippen LogP contribution in [0.5, 0.6) is 5.75 Å². The molecule has 5 atom stereocenters. The van der Waals surface area contributed by atoms with E-state index in [1.54, 1.807) is 18.5 Å². The van der Waals surface area contributed by atoms with Crippen molar-refractivity contribution in [2.24, 2.45) is 5.92 Å². The maximum absolute atomic E-state index is 12.0. The van der Waals surface area contributed by atoms with Crippen molar-refractivity contribution < 1.29 is 34.1 Å². The van der Waals surface area contributed by atoms with E-state index in [1.807, 2.05) is 0 Å². The number of nitrogens with zero attached hydrogens (tertiary/aromatic N) is 2. The lowest BCUT2D eigenvalue weighted by Gasteiger charge is -2.34. The van der Waals surface area contributed by atoms with E-state index in [2.05, 4.69) is 20.9 Å². The number of aromatic nitrogens is 1. The molecule has 3 aliphatic rings. The van der Waals surface area contributed by atoms with Crippen LogP contribution >= 0.6 is 15.9 Å². The highest BCUT2D eigenvalue weighted by atomic mass is 79.9. The maximum atomic E-state index is 12.0. The summed E-state index contributed by atoms with van der Waals surface area (Å²) in [4.78, 5) is 33.1. The van der Waals surface area contributed by atoms with Crippen molar-refractivity contribution in [2.45, 2.75) is 36.8 Å². The van der Waals surface area contributed by atoms with E-state index in [1.165, 1.54) is 5.06 Å². The van der Waals surface area contributed by atoms with Crippen molar-refractivity contribution in [2.75, 3.05) is 6.61 Å². The van der Waals surface area contributed by atoms with Gasteiger partial charge in [-0.2, -0.15) is 0 Å². The minimum atomic E-state index is -1.99. The molecular weight excluding hydrogens is 400 g/mol. The van der Waals surface area contributed by atoms with Gasteiger partial charge in [-0.3, -0.25) is 4.98 Å². The van der Waals surface area contributed by atoms with E-state index in [0.29, 0.717) is 18.6 Å². The van der Waals surface area contributed by atoms with Crippen molar-refractivity contribution in [1.82, 2.24) is 10.0 Å². The molecule has 4 rings (SSSR count). The minimum absolute atomic E-state index is 0.0130. The fourth-order valence-electron chi connectivity index (χ4n) is 3.33. The van der Waals surface area contributed by atoms with Crippen LogP contribution < -0.4 is 4.74 Å². The van der Waals surface area contributed by atoms with Crippen molar-refractivity contribution >= 4 is 27.9 Å². The first-order valence-corrected chi connectivity index (χ1v) is 8.53. The average molecular weight is 415 g/mol. The summed E-state index contributed by atoms with van der Waals surface area (Å²) in [5.41, 5.74) is -1.07. The van der Waals surface area contributed by atoms with Gasteiger partial charge >= 0.3 is 11.9 Å². The number of ether oxygens (including phenoxy) is 2. The Morgan fingerprint density at radius 2 is 2.08 bits per heavy atom. The summed E-state index contributed by atoms with van der Waals surface area (Å²) < 4.78 is 11.8. The number of halogens is 1. The Balaban J connectivity index is 1.51. The van der Waals surface area contributed by atoms with Crippen LogP contribution in [0.3, 0.4) is 0 Å². The molecule has 0 aromatic carbocycles. The van der Waals surface area contributed by atoms with Gasteiger partial charge < -0.3 is 24.5 Å². The zero-order valence-corrected chi connectivity index (χ0v) is 14.5. The van der Waals surface area contributed by atoms with Gasteiger partial charge in [0.2, 0.25) is 5.72 Å². The van der Waals surface area contributed by atoms with E-state index in [9.17, 15) is 19.8 Å². The molecular formula is C15H15BrN2O7. The van der Waals surface area contributed by atoms with Gasteiger partial charge in [-0.15, -0.1) is 0 Å². The van der Waals surface area contributed by atoms with Crippen LogP contribution in [-0.4, -0.2) is 62.8 Å². The molecule has 2 saturated heterocycles. The zero-order chi connectivity index (χ0) is 17.8. The van der Waals surface area contributed by atoms with Gasteiger partial charge in [-0.1, -0.05) is 5.06 Å². The molecule has 1 saturated carbocycles. The number of hydroxylamine groups is 2. The Labute approximate surface area is 150 Å². The summed E-state index contributed by atoms with van der Waals surface area (Å²) in [5.74, 6) is -1.60. The quantitative estimate of drug-likeness (QED) is 0.645. The van der Waals surface area contributed by atoms with E-state index in [4.69, 9.17) is 14.3 Å². The van der Waals surface area contributed by atoms with Crippen LogP contribution in [0, 0.1) is 5.92 Å². The van der Waals surface area contributed by atoms with Gasteiger partial charge in [0.1, 0.15) is 12.4 Å². The number of rotatable bonds is 3. The third-order valence-corrected chi connectivity index (χ3v) is 5.08. The van der Waals surface area contributed by atoms with Crippen LogP contribution in [0.4, 0.5) is 0 Å². The molecule has 2 N–H and O–H groups in total. The first-order chi connectivity index (χ1) is 11.9. The Kier molecular flexibility index (Phi) is 3.95. The van der Waals surface area contributed by atoms with E-state index in [0.717, 1.165) is 4.47 Å². The molecule has 3 fully saturated rings. The largest absolute Gasteiger partial charge is 0.490 e. The lowest BCUT2D eigenvalue weighted by atomic mass is 10.2. The number of esters is 1. The van der Waals surface area contributed by atoms with E-state index >= 15 is 0 Å². The predicted molar refractivity (Wildman–Crippen MR) is 82.7 cm³/mol. The topological polar surface area (TPSA) is 118 Å². The van der Waals surface area contributed by atoms with Crippen molar-refractivity contribution in [3.05, 3.63) is 22.9 Å². The van der Waals surface area contributed by atoms with Crippen LogP contribution in [0.25, 0.3) is 0 Å². The third kappa shape index (κ3) is 2.78. The van der Waals surface area contributed by atoms with Crippen LogP contribution in [-0.2, 0) is 19.2 Å². The fourth-order valence-corrected chi connectivity index (χ4v) is 3.67. The standard InChI is InChI=1S/C15H15BrN2O7/c16-8-2-10(5-17-4-8)23-6-9-1-7-3-15(7)18(9)25-14(22)12(20)11(19)13(21)24-15/h2,4-5,7,9,11-12,19-20H,1,3,6H2. The second-order valence-electron chi connectivity index (χ2n) is 6.33. The summed E-state index contributed by atoms with van der Waals surface area (Å²) in [6, 6.07) is 1.40. The van der Waals surface area contributed by atoms with Crippen molar-refractivity contribution in [1.29, 1.82) is 0 Å². The number of aliphatic hydroxyl groups excluding tert-OH is 2. The fraction of sp³-hybridized carbons (Fsp3) is 0.533. The Bertz CT molecular complexity index is 732. The molecule has 134 valence electrons. The SMILES string of the molecule is O=C1ON2C(COc3cncc(Br)c3)CC3CC32OC(=O)C(O)C1O. The van der Waals surface area contributed by atoms with Gasteiger partial charge in [0.25, 0.3) is 0 Å². The third-order valence-electron chi connectivity index (χ3n) is 4.65. The Morgan fingerprint density at radius 1 is 1.32 bits per heavy atom. The van der Waals surface area contributed by atoms with Gasteiger partial charge in [0, 0.05) is 23.0 Å². The molecule has 2 aliphatic heterocycles. The maximum Gasteiger partial charge on any atom is 0.357 e. The Hall–Kier alpha value is -1.75. The van der Waals surface area contributed by atoms with Gasteiger partial charge in [0.05, 0.1) is 12.2 Å². The number of piperidine rings is 1. The first-order valence-electron chi connectivity index (χ1n) is 7.74. The minimum Gasteiger partial charge on any atom is -0.490 e. The molecule has 9 nitrogen and oxygen atoms in total. The smallest absolute Gasteiger partial charge is 0.357 e. The second kappa shape index (κ2) is 5.90. The number of hydrogen-bond acceptors (Lipinski definition) is 9. The lowest BCUT2D eigenvalue weighted by molar-refractivity contribution is -0.279. The molecule has 5 unspecified atom stereocenters. The van der Waals surface area contributed by atoms with Gasteiger partial charge in [-0.05, 0) is 28.4 Å². The molecule has 1 aliphatic carbocycles. The van der Waals surface area contributed by atoms with Crippen molar-refractivity contribution in [3.63, 3.8) is 0 Å². The van der Waals surface area contributed by atoms with Crippen molar-refractivity contribution in [3.8, 4) is 5.75 Å². The summed E-state index contributed by atoms with van der Waals surface area (Å²) in [6.45, 7) is 0.180. The predicted octanol–water partition coefficient (Wildman–Crippen LogP) is -0.250. The molecule has 1 aromatic heterocycles. The molecule has 0 amide bonds. The summed E-state index contributed by atoms with van der Waals surface area (Å²) >= 11 is 3.30. The van der Waals surface area contributed by atoms with Crippen LogP contribution in [0.15, 0.2) is 22.9 Å².